The van der Waals surface area contributed by atoms with E-state index in [9.17, 15) is 9.59 Å². The standard InChI is InChI=1S/C16H19NO3/c1-12-3-2-10-17(11-12)16(20)14-7-4-13(5-8-14)6-9-15(18)19/h4-9,12H,2-3,10-11H2,1H3,(H,18,19). The molecule has 20 heavy (non-hydrogen) atoms. The van der Waals surface area contributed by atoms with Crippen LogP contribution >= 0.6 is 0 Å². The van der Waals surface area contributed by atoms with Gasteiger partial charge in [0.15, 0.2) is 0 Å². The van der Waals surface area contributed by atoms with Gasteiger partial charge in [-0.1, -0.05) is 19.1 Å². The molecule has 2 rings (SSSR count). The first-order chi connectivity index (χ1) is 9.56. The number of hydrogen-bond donors (Lipinski definition) is 1. The quantitative estimate of drug-likeness (QED) is 0.861. The van der Waals surface area contributed by atoms with Gasteiger partial charge in [-0.25, -0.2) is 4.79 Å². The molecule has 1 saturated heterocycles. The lowest BCUT2D eigenvalue weighted by molar-refractivity contribution is -0.131. The van der Waals surface area contributed by atoms with E-state index in [4.69, 9.17) is 5.11 Å². The van der Waals surface area contributed by atoms with Crippen molar-refractivity contribution < 1.29 is 14.7 Å². The van der Waals surface area contributed by atoms with Gasteiger partial charge in [-0.05, 0) is 42.5 Å². The molecule has 1 heterocycles. The van der Waals surface area contributed by atoms with Crippen molar-refractivity contribution in [2.45, 2.75) is 19.8 Å². The number of aliphatic carboxylic acids is 1. The fraction of sp³-hybridized carbons (Fsp3) is 0.375. The maximum atomic E-state index is 12.3. The number of amides is 1. The number of hydrogen-bond acceptors (Lipinski definition) is 2. The average Bonchev–Trinajstić information content (AvgIpc) is 2.45. The second-order valence-corrected chi connectivity index (χ2v) is 5.29. The fourth-order valence-electron chi connectivity index (χ4n) is 2.46. The summed E-state index contributed by atoms with van der Waals surface area (Å²) in [7, 11) is 0. The largest absolute Gasteiger partial charge is 0.478 e. The third kappa shape index (κ3) is 3.70. The summed E-state index contributed by atoms with van der Waals surface area (Å²) in [6, 6.07) is 7.03. The molecule has 4 heteroatoms. The third-order valence-electron chi connectivity index (χ3n) is 3.52. The lowest BCUT2D eigenvalue weighted by Gasteiger charge is -2.31. The number of likely N-dealkylation sites (tertiary alicyclic amines) is 1. The van der Waals surface area contributed by atoms with Gasteiger partial charge in [-0.2, -0.15) is 0 Å². The predicted octanol–water partition coefficient (Wildman–Crippen LogP) is 2.66. The van der Waals surface area contributed by atoms with E-state index >= 15 is 0 Å². The van der Waals surface area contributed by atoms with Gasteiger partial charge >= 0.3 is 5.97 Å². The fourth-order valence-corrected chi connectivity index (χ4v) is 2.46. The molecule has 4 nitrogen and oxygen atoms in total. The Bertz CT molecular complexity index is 519. The van der Waals surface area contributed by atoms with Crippen molar-refractivity contribution in [1.29, 1.82) is 0 Å². The van der Waals surface area contributed by atoms with Crippen LogP contribution < -0.4 is 0 Å². The van der Waals surface area contributed by atoms with Crippen LogP contribution in [0.1, 0.15) is 35.7 Å². The number of rotatable bonds is 3. The van der Waals surface area contributed by atoms with Crippen molar-refractivity contribution in [2.75, 3.05) is 13.1 Å². The van der Waals surface area contributed by atoms with Crippen LogP contribution in [0.15, 0.2) is 30.3 Å². The van der Waals surface area contributed by atoms with Gasteiger partial charge in [0.1, 0.15) is 0 Å². The molecule has 1 N–H and O–H groups in total. The summed E-state index contributed by atoms with van der Waals surface area (Å²) < 4.78 is 0. The number of benzene rings is 1. The molecule has 1 aliphatic heterocycles. The highest BCUT2D eigenvalue weighted by Gasteiger charge is 2.21. The molecule has 0 saturated carbocycles. The van der Waals surface area contributed by atoms with Gasteiger partial charge in [0.25, 0.3) is 5.91 Å². The van der Waals surface area contributed by atoms with Gasteiger partial charge in [-0.3, -0.25) is 4.79 Å². The molecule has 1 aliphatic rings. The first-order valence-corrected chi connectivity index (χ1v) is 6.86. The van der Waals surface area contributed by atoms with Crippen LogP contribution in [0, 0.1) is 5.92 Å². The van der Waals surface area contributed by atoms with E-state index in [2.05, 4.69) is 6.92 Å². The highest BCUT2D eigenvalue weighted by atomic mass is 16.4. The SMILES string of the molecule is CC1CCCN(C(=O)c2ccc(C=CC(=O)O)cc2)C1. The minimum absolute atomic E-state index is 0.0605. The van der Waals surface area contributed by atoms with Crippen molar-refractivity contribution >= 4 is 18.0 Å². The number of nitrogens with zero attached hydrogens (tertiary/aromatic N) is 1. The number of piperidine rings is 1. The van der Waals surface area contributed by atoms with Crippen LogP contribution in [0.3, 0.4) is 0 Å². The topological polar surface area (TPSA) is 57.6 Å². The van der Waals surface area contributed by atoms with E-state index < -0.39 is 5.97 Å². The predicted molar refractivity (Wildman–Crippen MR) is 77.4 cm³/mol. The van der Waals surface area contributed by atoms with E-state index in [-0.39, 0.29) is 5.91 Å². The molecule has 0 aromatic heterocycles. The minimum Gasteiger partial charge on any atom is -0.478 e. The van der Waals surface area contributed by atoms with Crippen LogP contribution in [-0.2, 0) is 4.79 Å². The van der Waals surface area contributed by atoms with Gasteiger partial charge in [0.05, 0.1) is 0 Å². The Morgan fingerprint density at radius 3 is 2.60 bits per heavy atom. The third-order valence-corrected chi connectivity index (χ3v) is 3.52. The first kappa shape index (κ1) is 14.3. The summed E-state index contributed by atoms with van der Waals surface area (Å²) in [6.45, 7) is 3.81. The van der Waals surface area contributed by atoms with Crippen LogP contribution in [0.5, 0.6) is 0 Å². The van der Waals surface area contributed by atoms with E-state index in [1.165, 1.54) is 12.5 Å². The minimum atomic E-state index is -0.979. The zero-order valence-corrected chi connectivity index (χ0v) is 11.6. The summed E-state index contributed by atoms with van der Waals surface area (Å²) in [6.07, 6.45) is 4.84. The zero-order valence-electron chi connectivity index (χ0n) is 11.6. The Kier molecular flexibility index (Phi) is 4.56. The highest BCUT2D eigenvalue weighted by molar-refractivity contribution is 5.94. The zero-order chi connectivity index (χ0) is 14.5. The summed E-state index contributed by atoms with van der Waals surface area (Å²) in [5.74, 6) is -0.358. The molecule has 0 spiro atoms. The molecule has 1 fully saturated rings. The number of carbonyl (C=O) groups is 2. The summed E-state index contributed by atoms with van der Waals surface area (Å²) in [4.78, 5) is 24.7. The monoisotopic (exact) mass is 273 g/mol. The van der Waals surface area contributed by atoms with Crippen molar-refractivity contribution in [3.05, 3.63) is 41.5 Å². The van der Waals surface area contributed by atoms with Crippen molar-refractivity contribution in [1.82, 2.24) is 4.90 Å². The van der Waals surface area contributed by atoms with Crippen LogP contribution in [0.25, 0.3) is 6.08 Å². The van der Waals surface area contributed by atoms with E-state index in [1.807, 2.05) is 4.90 Å². The molecule has 1 atom stereocenters. The van der Waals surface area contributed by atoms with Crippen molar-refractivity contribution in [2.24, 2.45) is 5.92 Å². The average molecular weight is 273 g/mol. The molecular formula is C16H19NO3. The second kappa shape index (κ2) is 6.37. The van der Waals surface area contributed by atoms with Crippen LogP contribution in [0.4, 0.5) is 0 Å². The molecule has 106 valence electrons. The maximum absolute atomic E-state index is 12.3. The molecule has 0 aliphatic carbocycles. The van der Waals surface area contributed by atoms with Crippen LogP contribution in [-0.4, -0.2) is 35.0 Å². The number of carboxylic acids is 1. The maximum Gasteiger partial charge on any atom is 0.328 e. The Balaban J connectivity index is 2.05. The molecule has 0 bridgehead atoms. The molecule has 1 amide bonds. The van der Waals surface area contributed by atoms with Crippen LogP contribution in [0.2, 0.25) is 0 Å². The molecule has 1 aromatic carbocycles. The van der Waals surface area contributed by atoms with Crippen molar-refractivity contribution in [3.63, 3.8) is 0 Å². The van der Waals surface area contributed by atoms with Gasteiger partial charge in [-0.15, -0.1) is 0 Å². The Hall–Kier alpha value is -2.10. The smallest absolute Gasteiger partial charge is 0.328 e. The van der Waals surface area contributed by atoms with E-state index in [1.54, 1.807) is 24.3 Å². The van der Waals surface area contributed by atoms with E-state index in [0.717, 1.165) is 31.1 Å². The molecule has 0 radical (unpaired) electrons. The summed E-state index contributed by atoms with van der Waals surface area (Å²) in [5, 5.41) is 8.57. The van der Waals surface area contributed by atoms with Crippen molar-refractivity contribution in [3.8, 4) is 0 Å². The second-order valence-electron chi connectivity index (χ2n) is 5.29. The first-order valence-electron chi connectivity index (χ1n) is 6.86. The van der Waals surface area contributed by atoms with Gasteiger partial charge < -0.3 is 10.0 Å². The number of carboxylic acid groups (broad SMARTS) is 1. The normalized spacial score (nSPS) is 19.2. The van der Waals surface area contributed by atoms with Gasteiger partial charge in [0, 0.05) is 24.7 Å². The lowest BCUT2D eigenvalue weighted by Crippen LogP contribution is -2.39. The van der Waals surface area contributed by atoms with Gasteiger partial charge in [0.2, 0.25) is 0 Å². The summed E-state index contributed by atoms with van der Waals surface area (Å²) in [5.41, 5.74) is 1.43. The summed E-state index contributed by atoms with van der Waals surface area (Å²) >= 11 is 0. The Morgan fingerprint density at radius 1 is 1.30 bits per heavy atom. The highest BCUT2D eigenvalue weighted by Crippen LogP contribution is 2.18. The Labute approximate surface area is 118 Å². The molecule has 1 unspecified atom stereocenters. The molecule has 1 aromatic rings. The lowest BCUT2D eigenvalue weighted by atomic mass is 9.99. The Morgan fingerprint density at radius 2 is 2.00 bits per heavy atom. The van der Waals surface area contributed by atoms with E-state index in [0.29, 0.717) is 11.5 Å². The number of carbonyl (C=O) groups excluding carboxylic acids is 1. The molecular weight excluding hydrogens is 254 g/mol.